The Hall–Kier alpha value is -2.70. The van der Waals surface area contributed by atoms with Crippen molar-refractivity contribution in [3.05, 3.63) is 23.4 Å². The molecule has 0 aliphatic carbocycles. The molecule has 7 heteroatoms. The Morgan fingerprint density at radius 3 is 2.00 bits per heavy atom. The molecule has 1 aliphatic heterocycles. The second-order valence-corrected chi connectivity index (χ2v) is 4.30. The largest absolute Gasteiger partial charge is 0.496 e. The highest BCUT2D eigenvalue weighted by Crippen LogP contribution is 2.35. The number of imide groups is 1. The summed E-state index contributed by atoms with van der Waals surface area (Å²) < 4.78 is 15.7. The lowest BCUT2D eigenvalue weighted by Gasteiger charge is -2.13. The third-order valence-electron chi connectivity index (χ3n) is 3.12. The first-order chi connectivity index (χ1) is 10.0. The van der Waals surface area contributed by atoms with E-state index in [2.05, 4.69) is 5.32 Å². The molecule has 0 aromatic heterocycles. The number of carbonyl (C=O) groups excluding carboxylic acids is 2. The number of benzene rings is 1. The number of nitrogens with one attached hydrogen (secondary N) is 1. The van der Waals surface area contributed by atoms with Crippen molar-refractivity contribution < 1.29 is 23.8 Å². The molecule has 1 saturated heterocycles. The fourth-order valence-corrected chi connectivity index (χ4v) is 1.94. The van der Waals surface area contributed by atoms with E-state index in [1.54, 1.807) is 12.1 Å². The average molecular weight is 292 g/mol. The Balaban J connectivity index is 2.53. The van der Waals surface area contributed by atoms with Crippen LogP contribution < -0.4 is 19.5 Å². The normalized spacial score (nSPS) is 16.2. The van der Waals surface area contributed by atoms with Crippen molar-refractivity contribution in [3.63, 3.8) is 0 Å². The van der Waals surface area contributed by atoms with Gasteiger partial charge in [0.1, 0.15) is 22.9 Å². The highest BCUT2D eigenvalue weighted by molar-refractivity contribution is 6.14. The lowest BCUT2D eigenvalue weighted by Crippen LogP contribution is -2.25. The first kappa shape index (κ1) is 14.7. The molecule has 0 radical (unpaired) electrons. The zero-order chi connectivity index (χ0) is 15.6. The third kappa shape index (κ3) is 2.62. The van der Waals surface area contributed by atoms with Crippen LogP contribution in [0.5, 0.6) is 17.2 Å². The lowest BCUT2D eigenvalue weighted by molar-refractivity contribution is -0.121. The van der Waals surface area contributed by atoms with Gasteiger partial charge in [0.25, 0.3) is 5.91 Å². The van der Waals surface area contributed by atoms with Crippen LogP contribution in [0.25, 0.3) is 6.08 Å². The predicted molar refractivity (Wildman–Crippen MR) is 75.4 cm³/mol. The molecule has 1 heterocycles. The summed E-state index contributed by atoms with van der Waals surface area (Å²) in [5, 5.41) is 2.49. The molecule has 0 unspecified atom stereocenters. The van der Waals surface area contributed by atoms with Crippen LogP contribution in [0.15, 0.2) is 17.8 Å². The standard InChI is InChI=1S/C14H16N2O5/c1-16-13(17)10(15-14(16)18)7-9-11(20-3)5-8(19-2)6-12(9)21-4/h5-7H,1-4H3,(H,15,18)/b10-7+. The van der Waals surface area contributed by atoms with Crippen LogP contribution >= 0.6 is 0 Å². The number of ether oxygens (including phenoxy) is 3. The summed E-state index contributed by atoms with van der Waals surface area (Å²) >= 11 is 0. The number of nitrogens with zero attached hydrogens (tertiary/aromatic N) is 1. The van der Waals surface area contributed by atoms with Gasteiger partial charge in [-0.15, -0.1) is 0 Å². The van der Waals surface area contributed by atoms with E-state index in [-0.39, 0.29) is 5.70 Å². The molecule has 0 saturated carbocycles. The quantitative estimate of drug-likeness (QED) is 0.667. The SMILES string of the molecule is COc1cc(OC)c(/C=C2/NC(=O)N(C)C2=O)c(OC)c1. The maximum Gasteiger partial charge on any atom is 0.328 e. The molecule has 21 heavy (non-hydrogen) atoms. The summed E-state index contributed by atoms with van der Waals surface area (Å²) in [6, 6.07) is 2.86. The molecule has 1 fully saturated rings. The molecule has 1 aliphatic rings. The van der Waals surface area contributed by atoms with Crippen LogP contribution in [-0.4, -0.2) is 45.2 Å². The molecule has 3 amide bonds. The first-order valence-corrected chi connectivity index (χ1v) is 6.12. The Morgan fingerprint density at radius 2 is 1.62 bits per heavy atom. The van der Waals surface area contributed by atoms with Crippen LogP contribution in [0, 0.1) is 0 Å². The van der Waals surface area contributed by atoms with Crippen molar-refractivity contribution in [2.45, 2.75) is 0 Å². The van der Waals surface area contributed by atoms with Crippen molar-refractivity contribution in [3.8, 4) is 17.2 Å². The van der Waals surface area contributed by atoms with E-state index in [9.17, 15) is 9.59 Å². The van der Waals surface area contributed by atoms with E-state index >= 15 is 0 Å². The van der Waals surface area contributed by atoms with Crippen LogP contribution in [-0.2, 0) is 4.79 Å². The number of methoxy groups -OCH3 is 3. The first-order valence-electron chi connectivity index (χ1n) is 6.12. The summed E-state index contributed by atoms with van der Waals surface area (Å²) in [6.07, 6.45) is 1.51. The Morgan fingerprint density at radius 1 is 1.05 bits per heavy atom. The van der Waals surface area contributed by atoms with Crippen molar-refractivity contribution in [1.29, 1.82) is 0 Å². The molecule has 0 bridgehead atoms. The van der Waals surface area contributed by atoms with E-state index in [4.69, 9.17) is 14.2 Å². The Labute approximate surface area is 122 Å². The van der Waals surface area contributed by atoms with Gasteiger partial charge in [0.15, 0.2) is 0 Å². The number of rotatable bonds is 4. The molecule has 0 spiro atoms. The predicted octanol–water partition coefficient (Wildman–Crippen LogP) is 1.23. The zero-order valence-corrected chi connectivity index (χ0v) is 12.2. The third-order valence-corrected chi connectivity index (χ3v) is 3.12. The molecular weight excluding hydrogens is 276 g/mol. The summed E-state index contributed by atoms with van der Waals surface area (Å²) in [4.78, 5) is 24.4. The summed E-state index contributed by atoms with van der Waals surface area (Å²) in [7, 11) is 5.93. The Kier molecular flexibility index (Phi) is 4.02. The second kappa shape index (κ2) is 5.74. The highest BCUT2D eigenvalue weighted by atomic mass is 16.5. The van der Waals surface area contributed by atoms with Gasteiger partial charge in [-0.2, -0.15) is 0 Å². The van der Waals surface area contributed by atoms with Gasteiger partial charge in [-0.3, -0.25) is 9.69 Å². The van der Waals surface area contributed by atoms with Crippen LogP contribution in [0.4, 0.5) is 4.79 Å². The van der Waals surface area contributed by atoms with Crippen LogP contribution in [0.3, 0.4) is 0 Å². The number of hydrogen-bond donors (Lipinski definition) is 1. The highest BCUT2D eigenvalue weighted by Gasteiger charge is 2.30. The van der Waals surface area contributed by atoms with E-state index < -0.39 is 11.9 Å². The minimum Gasteiger partial charge on any atom is -0.496 e. The van der Waals surface area contributed by atoms with Gasteiger partial charge in [-0.1, -0.05) is 0 Å². The fourth-order valence-electron chi connectivity index (χ4n) is 1.94. The van der Waals surface area contributed by atoms with E-state index in [1.165, 1.54) is 34.5 Å². The molecule has 7 nitrogen and oxygen atoms in total. The maximum atomic E-state index is 11.9. The van der Waals surface area contributed by atoms with Crippen LogP contribution in [0.2, 0.25) is 0 Å². The van der Waals surface area contributed by atoms with E-state index in [1.807, 2.05) is 0 Å². The van der Waals surface area contributed by atoms with Gasteiger partial charge < -0.3 is 19.5 Å². The molecule has 1 aromatic rings. The van der Waals surface area contributed by atoms with Crippen molar-refractivity contribution in [1.82, 2.24) is 10.2 Å². The topological polar surface area (TPSA) is 77.1 Å². The smallest absolute Gasteiger partial charge is 0.328 e. The number of likely N-dealkylation sites (N-methyl/N-ethyl adjacent to an activating group) is 1. The number of urea groups is 1. The van der Waals surface area contributed by atoms with Crippen LogP contribution in [0.1, 0.15) is 5.56 Å². The average Bonchev–Trinajstić information content (AvgIpc) is 2.74. The molecule has 2 rings (SSSR count). The minimum absolute atomic E-state index is 0.157. The second-order valence-electron chi connectivity index (χ2n) is 4.30. The van der Waals surface area contributed by atoms with Crippen molar-refractivity contribution in [2.75, 3.05) is 28.4 Å². The summed E-state index contributed by atoms with van der Waals surface area (Å²) in [5.74, 6) is 1.08. The number of amides is 3. The van der Waals surface area contributed by atoms with Gasteiger partial charge in [0.05, 0.1) is 26.9 Å². The molecule has 112 valence electrons. The molecule has 0 atom stereocenters. The zero-order valence-electron chi connectivity index (χ0n) is 12.2. The van der Waals surface area contributed by atoms with Gasteiger partial charge in [-0.05, 0) is 6.08 Å². The molecule has 1 N–H and O–H groups in total. The van der Waals surface area contributed by atoms with Gasteiger partial charge in [0, 0.05) is 19.2 Å². The lowest BCUT2D eigenvalue weighted by atomic mass is 10.1. The van der Waals surface area contributed by atoms with Crippen molar-refractivity contribution >= 4 is 18.0 Å². The van der Waals surface area contributed by atoms with E-state index in [0.717, 1.165) is 4.90 Å². The monoisotopic (exact) mass is 292 g/mol. The fraction of sp³-hybridized carbons (Fsp3) is 0.286. The van der Waals surface area contributed by atoms with Gasteiger partial charge >= 0.3 is 6.03 Å². The van der Waals surface area contributed by atoms with Gasteiger partial charge in [0.2, 0.25) is 0 Å². The number of hydrogen-bond acceptors (Lipinski definition) is 5. The summed E-state index contributed by atoms with van der Waals surface area (Å²) in [5.41, 5.74) is 0.698. The molecule has 1 aromatic carbocycles. The minimum atomic E-state index is -0.474. The summed E-state index contributed by atoms with van der Waals surface area (Å²) in [6.45, 7) is 0. The van der Waals surface area contributed by atoms with Crippen molar-refractivity contribution in [2.24, 2.45) is 0 Å². The van der Waals surface area contributed by atoms with Gasteiger partial charge in [-0.25, -0.2) is 4.79 Å². The molecular formula is C14H16N2O5. The number of carbonyl (C=O) groups is 2. The van der Waals surface area contributed by atoms with E-state index in [0.29, 0.717) is 22.8 Å². The maximum absolute atomic E-state index is 11.9. The Bertz CT molecular complexity index is 599.